The van der Waals surface area contributed by atoms with Crippen molar-refractivity contribution >= 4 is 21.4 Å². The van der Waals surface area contributed by atoms with Gasteiger partial charge in [0.15, 0.2) is 9.84 Å². The highest BCUT2D eigenvalue weighted by Crippen LogP contribution is 2.21. The normalized spacial score (nSPS) is 13.8. The van der Waals surface area contributed by atoms with Crippen molar-refractivity contribution in [2.75, 3.05) is 0 Å². The van der Waals surface area contributed by atoms with E-state index >= 15 is 0 Å². The van der Waals surface area contributed by atoms with E-state index in [0.717, 1.165) is 12.0 Å². The Morgan fingerprint density at radius 3 is 2.13 bits per heavy atom. The average molecular weight is 247 g/mol. The van der Waals surface area contributed by atoms with Crippen LogP contribution < -0.4 is 0 Å². The largest absolute Gasteiger partial charge is 0.222 e. The minimum absolute atomic E-state index is 0.307. The summed E-state index contributed by atoms with van der Waals surface area (Å²) in [6.07, 6.45) is 1.32. The van der Waals surface area contributed by atoms with Gasteiger partial charge in [-0.2, -0.15) is 0 Å². The van der Waals surface area contributed by atoms with Crippen LogP contribution in [0.3, 0.4) is 0 Å². The predicted molar refractivity (Wildman–Crippen MR) is 62.9 cm³/mol. The van der Waals surface area contributed by atoms with Gasteiger partial charge in [0.25, 0.3) is 0 Å². The number of halogens is 1. The molecule has 0 aliphatic rings. The van der Waals surface area contributed by atoms with Gasteiger partial charge in [-0.3, -0.25) is 0 Å². The third kappa shape index (κ3) is 2.73. The Bertz CT molecular complexity index is 409. The van der Waals surface area contributed by atoms with Crippen molar-refractivity contribution < 1.29 is 8.42 Å². The molecule has 2 nitrogen and oxygen atoms in total. The van der Waals surface area contributed by atoms with Crippen LogP contribution >= 0.6 is 11.6 Å². The van der Waals surface area contributed by atoms with Gasteiger partial charge in [-0.15, -0.1) is 11.6 Å². The summed E-state index contributed by atoms with van der Waals surface area (Å²) < 4.78 is 22.8. The van der Waals surface area contributed by atoms with Crippen LogP contribution in [0.2, 0.25) is 0 Å². The first kappa shape index (κ1) is 12.5. The summed E-state index contributed by atoms with van der Waals surface area (Å²) in [4.78, 5) is 0.307. The standard InChI is InChI=1S/C11H15ClO2S/c1-3-9-5-7-10(8-6-9)15(13,14)11(12)4-2/h5-8,11H,3-4H2,1-2H3. The highest BCUT2D eigenvalue weighted by molar-refractivity contribution is 7.93. The smallest absolute Gasteiger partial charge is 0.195 e. The zero-order valence-electron chi connectivity index (χ0n) is 8.90. The summed E-state index contributed by atoms with van der Waals surface area (Å²) >= 11 is 5.78. The molecule has 1 aromatic rings. The highest BCUT2D eigenvalue weighted by atomic mass is 35.5. The fourth-order valence-corrected chi connectivity index (χ4v) is 2.84. The first-order chi connectivity index (χ1) is 7.02. The lowest BCUT2D eigenvalue weighted by atomic mass is 10.2. The van der Waals surface area contributed by atoms with Crippen molar-refractivity contribution in [3.63, 3.8) is 0 Å². The molecule has 0 fully saturated rings. The van der Waals surface area contributed by atoms with Crippen molar-refractivity contribution in [1.82, 2.24) is 0 Å². The molecule has 1 aromatic carbocycles. The minimum Gasteiger partial charge on any atom is -0.222 e. The molecule has 0 aromatic heterocycles. The highest BCUT2D eigenvalue weighted by Gasteiger charge is 2.23. The SMILES string of the molecule is CCc1ccc(S(=O)(=O)C(Cl)CC)cc1. The Morgan fingerprint density at radius 2 is 1.73 bits per heavy atom. The van der Waals surface area contributed by atoms with E-state index < -0.39 is 14.5 Å². The fraction of sp³-hybridized carbons (Fsp3) is 0.455. The van der Waals surface area contributed by atoms with E-state index in [4.69, 9.17) is 11.6 Å². The quantitative estimate of drug-likeness (QED) is 0.766. The summed E-state index contributed by atoms with van der Waals surface area (Å²) in [5.74, 6) is 0. The molecule has 0 spiro atoms. The Kier molecular flexibility index (Phi) is 4.17. The van der Waals surface area contributed by atoms with Gasteiger partial charge in [-0.25, -0.2) is 8.42 Å². The Morgan fingerprint density at radius 1 is 1.20 bits per heavy atom. The zero-order valence-corrected chi connectivity index (χ0v) is 10.5. The predicted octanol–water partition coefficient (Wildman–Crippen LogP) is 3.00. The molecule has 1 rings (SSSR count). The number of alkyl halides is 1. The van der Waals surface area contributed by atoms with Gasteiger partial charge in [-0.1, -0.05) is 26.0 Å². The third-order valence-corrected chi connectivity index (χ3v) is 5.27. The second kappa shape index (κ2) is 4.99. The van der Waals surface area contributed by atoms with Crippen LogP contribution in [0, 0.1) is 0 Å². The molecular formula is C11H15ClO2S. The van der Waals surface area contributed by atoms with Gasteiger partial charge >= 0.3 is 0 Å². The lowest BCUT2D eigenvalue weighted by Gasteiger charge is -2.09. The second-order valence-electron chi connectivity index (χ2n) is 3.36. The molecule has 0 radical (unpaired) electrons. The lowest BCUT2D eigenvalue weighted by Crippen LogP contribution is -2.14. The van der Waals surface area contributed by atoms with Gasteiger partial charge in [0, 0.05) is 0 Å². The maximum atomic E-state index is 11.8. The van der Waals surface area contributed by atoms with Gasteiger partial charge < -0.3 is 0 Å². The molecule has 84 valence electrons. The van der Waals surface area contributed by atoms with E-state index in [1.165, 1.54) is 0 Å². The van der Waals surface area contributed by atoms with Gasteiger partial charge in [0.1, 0.15) is 4.71 Å². The molecule has 4 heteroatoms. The van der Waals surface area contributed by atoms with Crippen LogP contribution in [0.1, 0.15) is 25.8 Å². The topological polar surface area (TPSA) is 34.1 Å². The number of benzene rings is 1. The lowest BCUT2D eigenvalue weighted by molar-refractivity contribution is 0.591. The number of sulfone groups is 1. The van der Waals surface area contributed by atoms with Crippen molar-refractivity contribution in [3.8, 4) is 0 Å². The van der Waals surface area contributed by atoms with Crippen molar-refractivity contribution in [2.45, 2.75) is 36.3 Å². The molecular weight excluding hydrogens is 232 g/mol. The monoisotopic (exact) mass is 246 g/mol. The molecule has 15 heavy (non-hydrogen) atoms. The Labute approximate surface area is 96.2 Å². The van der Waals surface area contributed by atoms with Crippen LogP contribution in [0.5, 0.6) is 0 Å². The van der Waals surface area contributed by atoms with E-state index in [-0.39, 0.29) is 0 Å². The molecule has 0 aliphatic carbocycles. The van der Waals surface area contributed by atoms with E-state index in [1.54, 1.807) is 19.1 Å². The number of aryl methyl sites for hydroxylation is 1. The van der Waals surface area contributed by atoms with E-state index in [2.05, 4.69) is 0 Å². The molecule has 0 amide bonds. The molecule has 0 saturated heterocycles. The zero-order chi connectivity index (χ0) is 11.5. The summed E-state index contributed by atoms with van der Waals surface area (Å²) in [6.45, 7) is 3.79. The van der Waals surface area contributed by atoms with Crippen LogP contribution in [0.15, 0.2) is 29.2 Å². The van der Waals surface area contributed by atoms with Crippen molar-refractivity contribution in [2.24, 2.45) is 0 Å². The third-order valence-electron chi connectivity index (χ3n) is 2.32. The number of rotatable bonds is 4. The summed E-state index contributed by atoms with van der Waals surface area (Å²) in [5, 5.41) is 0. The van der Waals surface area contributed by atoms with E-state index in [0.29, 0.717) is 11.3 Å². The van der Waals surface area contributed by atoms with Gasteiger partial charge in [-0.05, 0) is 30.5 Å². The Hall–Kier alpha value is -0.540. The maximum Gasteiger partial charge on any atom is 0.195 e. The number of hydrogen-bond acceptors (Lipinski definition) is 2. The molecule has 0 N–H and O–H groups in total. The maximum absolute atomic E-state index is 11.8. The Balaban J connectivity index is 3.06. The van der Waals surface area contributed by atoms with Crippen LogP contribution in [0.25, 0.3) is 0 Å². The first-order valence-electron chi connectivity index (χ1n) is 4.99. The fourth-order valence-electron chi connectivity index (χ4n) is 1.28. The van der Waals surface area contributed by atoms with E-state index in [9.17, 15) is 8.42 Å². The molecule has 0 aliphatic heterocycles. The summed E-state index contributed by atoms with van der Waals surface area (Å²) in [6, 6.07) is 6.90. The summed E-state index contributed by atoms with van der Waals surface area (Å²) in [5.41, 5.74) is 1.12. The second-order valence-corrected chi connectivity index (χ2v) is 6.28. The van der Waals surface area contributed by atoms with Crippen LogP contribution in [-0.2, 0) is 16.3 Å². The first-order valence-corrected chi connectivity index (χ1v) is 6.97. The average Bonchev–Trinajstić information content (AvgIpc) is 2.28. The van der Waals surface area contributed by atoms with Crippen LogP contribution in [-0.4, -0.2) is 13.1 Å². The molecule has 0 bridgehead atoms. The van der Waals surface area contributed by atoms with Crippen molar-refractivity contribution in [3.05, 3.63) is 29.8 Å². The molecule has 1 atom stereocenters. The minimum atomic E-state index is -3.35. The number of hydrogen-bond donors (Lipinski definition) is 0. The van der Waals surface area contributed by atoms with E-state index in [1.807, 2.05) is 19.1 Å². The van der Waals surface area contributed by atoms with Crippen LogP contribution in [0.4, 0.5) is 0 Å². The van der Waals surface area contributed by atoms with Gasteiger partial charge in [0.2, 0.25) is 0 Å². The summed E-state index contributed by atoms with van der Waals surface area (Å²) in [7, 11) is -3.35. The molecule has 0 saturated carbocycles. The molecule has 1 unspecified atom stereocenters. The molecule has 0 heterocycles. The van der Waals surface area contributed by atoms with Crippen molar-refractivity contribution in [1.29, 1.82) is 0 Å². The van der Waals surface area contributed by atoms with Gasteiger partial charge in [0.05, 0.1) is 4.90 Å².